The van der Waals surface area contributed by atoms with E-state index >= 15 is 0 Å². The van der Waals surface area contributed by atoms with Gasteiger partial charge in [-0.3, -0.25) is 9.59 Å². The Morgan fingerprint density at radius 3 is 2.29 bits per heavy atom. The predicted molar refractivity (Wildman–Crippen MR) is 65.8 cm³/mol. The Morgan fingerprint density at radius 2 is 1.82 bits per heavy atom. The minimum absolute atomic E-state index is 0.0607. The van der Waals surface area contributed by atoms with Gasteiger partial charge < -0.3 is 4.81 Å². The molecule has 1 aliphatic carbocycles. The van der Waals surface area contributed by atoms with E-state index in [4.69, 9.17) is 7.98 Å². The first-order valence-electron chi connectivity index (χ1n) is 5.87. The van der Waals surface area contributed by atoms with E-state index in [1.54, 1.807) is 6.08 Å². The molecular weight excluding hydrogens is 213 g/mol. The summed E-state index contributed by atoms with van der Waals surface area (Å²) >= 11 is 0. The van der Waals surface area contributed by atoms with Crippen LogP contribution in [0.5, 0.6) is 0 Å². The number of carbonyl (C=O) groups is 2. The van der Waals surface area contributed by atoms with Crippen LogP contribution in [0.1, 0.15) is 20.3 Å². The number of rotatable bonds is 2. The van der Waals surface area contributed by atoms with Gasteiger partial charge in [-0.1, -0.05) is 17.7 Å². The van der Waals surface area contributed by atoms with E-state index in [9.17, 15) is 9.59 Å². The van der Waals surface area contributed by atoms with Gasteiger partial charge in [0.1, 0.15) is 0 Å². The second kappa shape index (κ2) is 4.17. The Hall–Kier alpha value is -1.32. The first-order chi connectivity index (χ1) is 7.97. The van der Waals surface area contributed by atoms with Crippen LogP contribution >= 0.6 is 0 Å². The van der Waals surface area contributed by atoms with Gasteiger partial charge in [0.25, 0.3) is 0 Å². The molecule has 0 aromatic carbocycles. The SMILES string of the molecule is [B]N1C(=O)C2C(C=C)CC(C=C(C)C)C2C1=O. The second-order valence-electron chi connectivity index (χ2n) is 5.14. The molecule has 0 aromatic heterocycles. The lowest BCUT2D eigenvalue weighted by Gasteiger charge is -2.14. The van der Waals surface area contributed by atoms with Crippen LogP contribution in [0.25, 0.3) is 0 Å². The fourth-order valence-corrected chi connectivity index (χ4v) is 3.09. The van der Waals surface area contributed by atoms with Crippen molar-refractivity contribution in [1.82, 2.24) is 4.81 Å². The number of allylic oxidation sites excluding steroid dienone is 3. The van der Waals surface area contributed by atoms with Crippen LogP contribution < -0.4 is 0 Å². The van der Waals surface area contributed by atoms with Crippen LogP contribution in [-0.4, -0.2) is 24.6 Å². The summed E-state index contributed by atoms with van der Waals surface area (Å²) < 4.78 is 0. The van der Waals surface area contributed by atoms with Crippen LogP contribution in [0.4, 0.5) is 0 Å². The smallest absolute Gasteiger partial charge is 0.242 e. The Morgan fingerprint density at radius 1 is 1.29 bits per heavy atom. The van der Waals surface area contributed by atoms with E-state index in [0.717, 1.165) is 16.8 Å². The van der Waals surface area contributed by atoms with Crippen molar-refractivity contribution in [1.29, 1.82) is 0 Å². The quantitative estimate of drug-likeness (QED) is 0.408. The average molecular weight is 229 g/mol. The molecule has 0 N–H and O–H groups in total. The summed E-state index contributed by atoms with van der Waals surface area (Å²) in [6.45, 7) is 7.75. The van der Waals surface area contributed by atoms with Crippen LogP contribution in [0, 0.1) is 23.7 Å². The molecule has 0 bridgehead atoms. The molecule has 3 nitrogen and oxygen atoms in total. The molecule has 4 heteroatoms. The van der Waals surface area contributed by atoms with Gasteiger partial charge in [-0.2, -0.15) is 0 Å². The highest BCUT2D eigenvalue weighted by molar-refractivity contribution is 6.28. The van der Waals surface area contributed by atoms with E-state index in [2.05, 4.69) is 12.7 Å². The normalized spacial score (nSPS) is 36.0. The molecule has 2 aliphatic rings. The molecule has 2 fully saturated rings. The molecule has 1 heterocycles. The fraction of sp³-hybridized carbons (Fsp3) is 0.538. The molecule has 2 rings (SSSR count). The summed E-state index contributed by atoms with van der Waals surface area (Å²) in [5.74, 6) is -0.916. The van der Waals surface area contributed by atoms with Crippen LogP contribution in [0.2, 0.25) is 0 Å². The van der Waals surface area contributed by atoms with Crippen molar-refractivity contribution in [3.05, 3.63) is 24.3 Å². The van der Waals surface area contributed by atoms with Crippen molar-refractivity contribution < 1.29 is 9.59 Å². The summed E-state index contributed by atoms with van der Waals surface area (Å²) in [4.78, 5) is 24.7. The fourth-order valence-electron chi connectivity index (χ4n) is 3.09. The molecule has 4 atom stereocenters. The highest BCUT2D eigenvalue weighted by Crippen LogP contribution is 2.48. The maximum absolute atomic E-state index is 12.0. The maximum Gasteiger partial charge on any atom is 0.242 e. The average Bonchev–Trinajstić information content (AvgIpc) is 2.72. The third-order valence-electron chi connectivity index (χ3n) is 3.75. The lowest BCUT2D eigenvalue weighted by atomic mass is 9.88. The minimum atomic E-state index is -0.300. The molecule has 17 heavy (non-hydrogen) atoms. The molecule has 88 valence electrons. The van der Waals surface area contributed by atoms with Gasteiger partial charge in [-0.25, -0.2) is 0 Å². The number of hydrogen-bond acceptors (Lipinski definition) is 2. The maximum atomic E-state index is 12.0. The first kappa shape index (κ1) is 12.2. The van der Waals surface area contributed by atoms with Crippen LogP contribution in [0.15, 0.2) is 24.3 Å². The number of amides is 2. The third kappa shape index (κ3) is 1.76. The Labute approximate surface area is 103 Å². The summed E-state index contributed by atoms with van der Waals surface area (Å²) in [6.07, 6.45) is 4.67. The standard InChI is InChI=1S/C13H16BNO2/c1-4-8-6-9(5-7(2)3)11-10(8)12(16)15(14)13(11)17/h4-5,8-11H,1,6H2,2-3H3. The molecular formula is C13H16BNO2. The second-order valence-corrected chi connectivity index (χ2v) is 5.14. The monoisotopic (exact) mass is 229 g/mol. The number of imide groups is 1. The molecule has 1 aliphatic heterocycles. The number of fused-ring (bicyclic) bond motifs is 1. The summed E-state index contributed by atoms with van der Waals surface area (Å²) in [5, 5.41) is 0. The van der Waals surface area contributed by atoms with E-state index in [0.29, 0.717) is 0 Å². The number of nitrogens with zero attached hydrogens (tertiary/aromatic N) is 1. The van der Waals surface area contributed by atoms with E-state index in [1.807, 2.05) is 13.8 Å². The Kier molecular flexibility index (Phi) is 2.98. The lowest BCUT2D eigenvalue weighted by Crippen LogP contribution is -2.30. The van der Waals surface area contributed by atoms with Crippen molar-refractivity contribution >= 4 is 19.8 Å². The topological polar surface area (TPSA) is 37.4 Å². The number of hydrogen-bond donors (Lipinski definition) is 0. The number of carbonyl (C=O) groups excluding carboxylic acids is 2. The highest BCUT2D eigenvalue weighted by atomic mass is 16.2. The van der Waals surface area contributed by atoms with E-state index < -0.39 is 0 Å². The van der Waals surface area contributed by atoms with Crippen molar-refractivity contribution in [3.63, 3.8) is 0 Å². The Bertz CT molecular complexity index is 412. The van der Waals surface area contributed by atoms with Crippen molar-refractivity contribution in [2.75, 3.05) is 0 Å². The van der Waals surface area contributed by atoms with Gasteiger partial charge >= 0.3 is 0 Å². The molecule has 0 spiro atoms. The van der Waals surface area contributed by atoms with Crippen molar-refractivity contribution in [3.8, 4) is 0 Å². The van der Waals surface area contributed by atoms with Gasteiger partial charge in [0, 0.05) is 0 Å². The molecule has 1 saturated carbocycles. The van der Waals surface area contributed by atoms with Crippen molar-refractivity contribution in [2.45, 2.75) is 20.3 Å². The largest absolute Gasteiger partial charge is 0.340 e. The van der Waals surface area contributed by atoms with Gasteiger partial charge in [-0.15, -0.1) is 6.58 Å². The molecule has 0 aromatic rings. The minimum Gasteiger partial charge on any atom is -0.340 e. The molecule has 1 saturated heterocycles. The van der Waals surface area contributed by atoms with E-state index in [1.165, 1.54) is 0 Å². The van der Waals surface area contributed by atoms with Crippen LogP contribution in [0.3, 0.4) is 0 Å². The summed E-state index contributed by atoms with van der Waals surface area (Å²) in [5.41, 5.74) is 1.16. The predicted octanol–water partition coefficient (Wildman–Crippen LogP) is 1.46. The van der Waals surface area contributed by atoms with Crippen molar-refractivity contribution in [2.24, 2.45) is 23.7 Å². The van der Waals surface area contributed by atoms with E-state index in [-0.39, 0.29) is 35.5 Å². The van der Waals surface area contributed by atoms with Crippen LogP contribution in [-0.2, 0) is 9.59 Å². The molecule has 2 radical (unpaired) electrons. The summed E-state index contributed by atoms with van der Waals surface area (Å²) in [6, 6.07) is 0. The zero-order chi connectivity index (χ0) is 12.7. The zero-order valence-corrected chi connectivity index (χ0v) is 10.2. The first-order valence-corrected chi connectivity index (χ1v) is 5.87. The van der Waals surface area contributed by atoms with Gasteiger partial charge in [0.15, 0.2) is 0 Å². The molecule has 2 amide bonds. The highest BCUT2D eigenvalue weighted by Gasteiger charge is 2.55. The van der Waals surface area contributed by atoms with Gasteiger partial charge in [-0.05, 0) is 32.1 Å². The zero-order valence-electron chi connectivity index (χ0n) is 10.2. The summed E-state index contributed by atoms with van der Waals surface area (Å²) in [7, 11) is 5.50. The van der Waals surface area contributed by atoms with Gasteiger partial charge in [0.2, 0.25) is 19.8 Å². The molecule has 4 unspecified atom stereocenters. The third-order valence-corrected chi connectivity index (χ3v) is 3.75. The van der Waals surface area contributed by atoms with Gasteiger partial charge in [0.05, 0.1) is 11.8 Å². The lowest BCUT2D eigenvalue weighted by molar-refractivity contribution is -0.134. The Balaban J connectivity index is 2.37.